The molecule has 1 heterocycles. The molecule has 1 aromatic carbocycles. The van der Waals surface area contributed by atoms with Crippen LogP contribution in [0.2, 0.25) is 0 Å². The van der Waals surface area contributed by atoms with Gasteiger partial charge in [0.15, 0.2) is 0 Å². The standard InChI is InChI=1S/C18H27N3O2/c1-13-4-6-15(7-5-13)12-20-17(22)14(2)21-10-8-16(9-11-21)18(23)19-3/h4-7,14,16H,8-12H2,1-3H3,(H,19,23)(H,20,22). The first-order valence-corrected chi connectivity index (χ1v) is 8.30. The molecule has 5 heteroatoms. The van der Waals surface area contributed by atoms with Crippen molar-refractivity contribution in [1.82, 2.24) is 15.5 Å². The number of hydrogen-bond acceptors (Lipinski definition) is 3. The smallest absolute Gasteiger partial charge is 0.237 e. The van der Waals surface area contributed by atoms with E-state index >= 15 is 0 Å². The quantitative estimate of drug-likeness (QED) is 0.864. The number of piperidine rings is 1. The van der Waals surface area contributed by atoms with Gasteiger partial charge in [0.05, 0.1) is 6.04 Å². The molecule has 0 spiro atoms. The lowest BCUT2D eigenvalue weighted by Gasteiger charge is -2.34. The Kier molecular flexibility index (Phi) is 6.16. The molecule has 5 nitrogen and oxygen atoms in total. The first-order chi connectivity index (χ1) is 11.0. The van der Waals surface area contributed by atoms with E-state index in [4.69, 9.17) is 0 Å². The van der Waals surface area contributed by atoms with Crippen LogP contribution in [0.4, 0.5) is 0 Å². The molecule has 2 amide bonds. The lowest BCUT2D eigenvalue weighted by atomic mass is 9.95. The van der Waals surface area contributed by atoms with Gasteiger partial charge in [-0.25, -0.2) is 0 Å². The SMILES string of the molecule is CNC(=O)C1CCN(C(C)C(=O)NCc2ccc(C)cc2)CC1. The third-order valence-electron chi connectivity index (χ3n) is 4.66. The van der Waals surface area contributed by atoms with Gasteiger partial charge in [0.1, 0.15) is 0 Å². The third-order valence-corrected chi connectivity index (χ3v) is 4.66. The highest BCUT2D eigenvalue weighted by Crippen LogP contribution is 2.19. The second-order valence-electron chi connectivity index (χ2n) is 6.30. The summed E-state index contributed by atoms with van der Waals surface area (Å²) in [5.41, 5.74) is 2.32. The monoisotopic (exact) mass is 317 g/mol. The highest BCUT2D eigenvalue weighted by molar-refractivity contribution is 5.81. The second kappa shape index (κ2) is 8.11. The van der Waals surface area contributed by atoms with Gasteiger partial charge in [0.2, 0.25) is 11.8 Å². The van der Waals surface area contributed by atoms with Crippen molar-refractivity contribution in [1.29, 1.82) is 0 Å². The number of amides is 2. The summed E-state index contributed by atoms with van der Waals surface area (Å²) in [6.07, 6.45) is 1.63. The molecular formula is C18H27N3O2. The molecule has 1 fully saturated rings. The van der Waals surface area contributed by atoms with Crippen LogP contribution in [-0.2, 0) is 16.1 Å². The van der Waals surface area contributed by atoms with Crippen LogP contribution in [-0.4, -0.2) is 42.9 Å². The predicted octanol–water partition coefficient (Wildman–Crippen LogP) is 1.46. The van der Waals surface area contributed by atoms with E-state index in [9.17, 15) is 9.59 Å². The van der Waals surface area contributed by atoms with Crippen molar-refractivity contribution < 1.29 is 9.59 Å². The average molecular weight is 317 g/mol. The predicted molar refractivity (Wildman–Crippen MR) is 90.9 cm³/mol. The van der Waals surface area contributed by atoms with Crippen LogP contribution in [0.15, 0.2) is 24.3 Å². The normalized spacial score (nSPS) is 17.5. The molecule has 2 N–H and O–H groups in total. The fraction of sp³-hybridized carbons (Fsp3) is 0.556. The maximum atomic E-state index is 12.3. The van der Waals surface area contributed by atoms with Gasteiger partial charge in [-0.3, -0.25) is 14.5 Å². The maximum absolute atomic E-state index is 12.3. The number of nitrogens with zero attached hydrogens (tertiary/aromatic N) is 1. The molecule has 0 saturated carbocycles. The van der Waals surface area contributed by atoms with Crippen molar-refractivity contribution in [2.45, 2.75) is 39.3 Å². The second-order valence-corrected chi connectivity index (χ2v) is 6.30. The third kappa shape index (κ3) is 4.79. The minimum Gasteiger partial charge on any atom is -0.359 e. The van der Waals surface area contributed by atoms with Crippen molar-refractivity contribution in [3.8, 4) is 0 Å². The Bertz CT molecular complexity index is 534. The Hall–Kier alpha value is -1.88. The van der Waals surface area contributed by atoms with Gasteiger partial charge < -0.3 is 10.6 Å². The minimum atomic E-state index is -0.161. The number of carbonyl (C=O) groups excluding carboxylic acids is 2. The first kappa shape index (κ1) is 17.5. The van der Waals surface area contributed by atoms with E-state index in [0.29, 0.717) is 6.54 Å². The van der Waals surface area contributed by atoms with Crippen LogP contribution in [0.1, 0.15) is 30.9 Å². The van der Waals surface area contributed by atoms with Gasteiger partial charge in [-0.2, -0.15) is 0 Å². The molecule has 1 aliphatic rings. The number of benzene rings is 1. The van der Waals surface area contributed by atoms with Crippen molar-refractivity contribution in [2.24, 2.45) is 5.92 Å². The average Bonchev–Trinajstić information content (AvgIpc) is 2.59. The maximum Gasteiger partial charge on any atom is 0.237 e. The summed E-state index contributed by atoms with van der Waals surface area (Å²) in [7, 11) is 1.68. The van der Waals surface area contributed by atoms with Crippen LogP contribution >= 0.6 is 0 Å². The Labute approximate surface area is 138 Å². The zero-order valence-electron chi connectivity index (χ0n) is 14.3. The Morgan fingerprint density at radius 2 is 1.83 bits per heavy atom. The van der Waals surface area contributed by atoms with Crippen LogP contribution < -0.4 is 10.6 Å². The summed E-state index contributed by atoms with van der Waals surface area (Å²) in [6.45, 7) is 6.12. The number of likely N-dealkylation sites (tertiary alicyclic amines) is 1. The number of aryl methyl sites for hydroxylation is 1. The van der Waals surface area contributed by atoms with E-state index < -0.39 is 0 Å². The molecule has 1 unspecified atom stereocenters. The van der Waals surface area contributed by atoms with Crippen molar-refractivity contribution >= 4 is 11.8 Å². The Balaban J connectivity index is 1.79. The van der Waals surface area contributed by atoms with E-state index in [1.807, 2.05) is 26.0 Å². The van der Waals surface area contributed by atoms with Gasteiger partial charge in [0.25, 0.3) is 0 Å². The summed E-state index contributed by atoms with van der Waals surface area (Å²) in [5.74, 6) is 0.240. The lowest BCUT2D eigenvalue weighted by molar-refractivity contribution is -0.128. The molecule has 126 valence electrons. The molecular weight excluding hydrogens is 290 g/mol. The minimum absolute atomic E-state index is 0.0453. The van der Waals surface area contributed by atoms with Crippen LogP contribution in [0, 0.1) is 12.8 Å². The van der Waals surface area contributed by atoms with Gasteiger partial charge >= 0.3 is 0 Å². The summed E-state index contributed by atoms with van der Waals surface area (Å²) in [6, 6.07) is 8.01. The summed E-state index contributed by atoms with van der Waals surface area (Å²) < 4.78 is 0. The van der Waals surface area contributed by atoms with Gasteiger partial charge in [0, 0.05) is 19.5 Å². The molecule has 1 saturated heterocycles. The van der Waals surface area contributed by atoms with Gasteiger partial charge in [-0.15, -0.1) is 0 Å². The highest BCUT2D eigenvalue weighted by atomic mass is 16.2. The summed E-state index contributed by atoms with van der Waals surface area (Å²) >= 11 is 0. The van der Waals surface area contributed by atoms with Crippen molar-refractivity contribution in [3.63, 3.8) is 0 Å². The molecule has 1 aromatic rings. The number of nitrogens with one attached hydrogen (secondary N) is 2. The number of rotatable bonds is 5. The van der Waals surface area contributed by atoms with Crippen LogP contribution in [0.25, 0.3) is 0 Å². The fourth-order valence-electron chi connectivity index (χ4n) is 2.96. The molecule has 1 atom stereocenters. The molecule has 0 aromatic heterocycles. The lowest BCUT2D eigenvalue weighted by Crippen LogP contribution is -2.49. The first-order valence-electron chi connectivity index (χ1n) is 8.30. The molecule has 0 bridgehead atoms. The zero-order valence-corrected chi connectivity index (χ0v) is 14.3. The van der Waals surface area contributed by atoms with E-state index in [1.165, 1.54) is 5.56 Å². The Morgan fingerprint density at radius 1 is 1.22 bits per heavy atom. The molecule has 2 rings (SSSR count). The molecule has 0 radical (unpaired) electrons. The van der Waals surface area contributed by atoms with E-state index in [0.717, 1.165) is 31.5 Å². The molecule has 0 aliphatic carbocycles. The summed E-state index contributed by atoms with van der Waals surface area (Å²) in [5, 5.41) is 5.71. The van der Waals surface area contributed by atoms with Crippen molar-refractivity contribution in [2.75, 3.05) is 20.1 Å². The van der Waals surface area contributed by atoms with E-state index in [-0.39, 0.29) is 23.8 Å². The van der Waals surface area contributed by atoms with E-state index in [1.54, 1.807) is 7.05 Å². The van der Waals surface area contributed by atoms with Crippen molar-refractivity contribution in [3.05, 3.63) is 35.4 Å². The van der Waals surface area contributed by atoms with Crippen LogP contribution in [0.3, 0.4) is 0 Å². The van der Waals surface area contributed by atoms with Gasteiger partial charge in [-0.05, 0) is 45.3 Å². The van der Waals surface area contributed by atoms with Gasteiger partial charge in [-0.1, -0.05) is 29.8 Å². The number of carbonyl (C=O) groups is 2. The Morgan fingerprint density at radius 3 is 2.39 bits per heavy atom. The largest absolute Gasteiger partial charge is 0.359 e. The fourth-order valence-corrected chi connectivity index (χ4v) is 2.96. The molecule has 23 heavy (non-hydrogen) atoms. The topological polar surface area (TPSA) is 61.4 Å². The highest BCUT2D eigenvalue weighted by Gasteiger charge is 2.29. The van der Waals surface area contributed by atoms with Crippen LogP contribution in [0.5, 0.6) is 0 Å². The number of hydrogen-bond donors (Lipinski definition) is 2. The zero-order chi connectivity index (χ0) is 16.8. The summed E-state index contributed by atoms with van der Waals surface area (Å²) in [4.78, 5) is 26.1. The van der Waals surface area contributed by atoms with E-state index in [2.05, 4.69) is 27.7 Å². The molecule has 1 aliphatic heterocycles.